The molecule has 1 nitrogen and oxygen atoms in total. The highest BCUT2D eigenvalue weighted by atomic mass is 31.2. The molecule has 0 heterocycles. The van der Waals surface area contributed by atoms with Crippen LogP contribution in [0.4, 0.5) is 17.6 Å². The highest BCUT2D eigenvalue weighted by Gasteiger charge is 2.34. The minimum atomic E-state index is -4.00. The Labute approximate surface area is 238 Å². The van der Waals surface area contributed by atoms with Crippen LogP contribution in [0, 0.1) is 0 Å². The van der Waals surface area contributed by atoms with Crippen molar-refractivity contribution in [2.24, 2.45) is 5.73 Å². The number of nitrogens with two attached hydrogens (primary N) is 1. The van der Waals surface area contributed by atoms with E-state index in [0.29, 0.717) is 7.18 Å². The summed E-state index contributed by atoms with van der Waals surface area (Å²) in [5.41, 5.74) is 5.98. The minimum absolute atomic E-state index is 0.188. The van der Waals surface area contributed by atoms with Crippen molar-refractivity contribution in [3.8, 4) is 0 Å². The summed E-state index contributed by atoms with van der Waals surface area (Å²) in [6.45, 7) is 12.1. The molecule has 0 unspecified atom stereocenters. The van der Waals surface area contributed by atoms with E-state index in [4.69, 9.17) is 5.73 Å². The SMILES string of the molecule is CC.CC(F)(F)F.CCCCCCCC[P+](CCCN)(CCCCCCCC)CCCCCCCC.CF. The van der Waals surface area contributed by atoms with Gasteiger partial charge >= 0.3 is 6.18 Å². The third-order valence-electron chi connectivity index (χ3n) is 6.79. The van der Waals surface area contributed by atoms with Crippen molar-refractivity contribution in [2.45, 2.75) is 170 Å². The topological polar surface area (TPSA) is 26.0 Å². The van der Waals surface area contributed by atoms with Crippen molar-refractivity contribution in [2.75, 3.05) is 38.4 Å². The Hall–Kier alpha value is 0.110. The lowest BCUT2D eigenvalue weighted by Gasteiger charge is -2.28. The predicted molar refractivity (Wildman–Crippen MR) is 170 cm³/mol. The van der Waals surface area contributed by atoms with Gasteiger partial charge in [0, 0.05) is 14.2 Å². The van der Waals surface area contributed by atoms with Crippen LogP contribution >= 0.6 is 7.26 Å². The monoisotopic (exact) mass is 577 g/mol. The zero-order valence-electron chi connectivity index (χ0n) is 27.0. The van der Waals surface area contributed by atoms with Gasteiger partial charge in [-0.15, -0.1) is 0 Å². The summed E-state index contributed by atoms with van der Waals surface area (Å²) in [5.74, 6) is 0. The van der Waals surface area contributed by atoms with Gasteiger partial charge in [-0.1, -0.05) is 112 Å². The smallest absolute Gasteiger partial charge is 0.330 e. The molecule has 0 rings (SSSR count). The zero-order chi connectivity index (χ0) is 30.0. The lowest BCUT2D eigenvalue weighted by molar-refractivity contribution is -0.110. The van der Waals surface area contributed by atoms with Crippen LogP contribution in [-0.4, -0.2) is 44.5 Å². The Morgan fingerprint density at radius 1 is 0.474 bits per heavy atom. The molecular weight excluding hydrogens is 505 g/mol. The molecule has 0 aromatic carbocycles. The third-order valence-corrected chi connectivity index (χ3v) is 11.9. The second-order valence-corrected chi connectivity index (χ2v) is 14.9. The molecule has 0 saturated carbocycles. The molecule has 0 radical (unpaired) electrons. The van der Waals surface area contributed by atoms with Gasteiger partial charge in [-0.25, -0.2) is 0 Å². The first-order valence-electron chi connectivity index (χ1n) is 16.2. The summed E-state index contributed by atoms with van der Waals surface area (Å²) in [6, 6.07) is 0. The van der Waals surface area contributed by atoms with Gasteiger partial charge in [0.15, 0.2) is 0 Å². The molecule has 2 N–H and O–H groups in total. The first-order valence-corrected chi connectivity index (χ1v) is 18.8. The summed E-state index contributed by atoms with van der Waals surface area (Å²) >= 11 is 0. The van der Waals surface area contributed by atoms with E-state index >= 15 is 0 Å². The number of unbranched alkanes of at least 4 members (excludes halogenated alkanes) is 15. The van der Waals surface area contributed by atoms with Crippen LogP contribution in [0.5, 0.6) is 0 Å². The Bertz CT molecular complexity index is 345. The fourth-order valence-electron chi connectivity index (χ4n) is 4.78. The van der Waals surface area contributed by atoms with Crippen LogP contribution < -0.4 is 5.73 Å². The maximum absolute atomic E-state index is 10.4. The number of alkyl halides is 4. The average Bonchev–Trinajstić information content (AvgIpc) is 2.90. The molecule has 0 saturated heterocycles. The van der Waals surface area contributed by atoms with Crippen molar-refractivity contribution in [3.63, 3.8) is 0 Å². The Morgan fingerprint density at radius 3 is 0.921 bits per heavy atom. The van der Waals surface area contributed by atoms with Gasteiger partial charge in [0.1, 0.15) is 0 Å². The second-order valence-electron chi connectivity index (χ2n) is 10.5. The molecule has 38 heavy (non-hydrogen) atoms. The summed E-state index contributed by atoms with van der Waals surface area (Å²) < 4.78 is 40.6. The fraction of sp³-hybridized carbons (Fsp3) is 1.00. The Balaban J connectivity index is -0.000000559. The van der Waals surface area contributed by atoms with Gasteiger partial charge in [0.25, 0.3) is 0 Å². The van der Waals surface area contributed by atoms with Gasteiger partial charge < -0.3 is 5.73 Å². The Kier molecular flexibility index (Phi) is 44.1. The highest BCUT2D eigenvalue weighted by molar-refractivity contribution is 7.75. The van der Waals surface area contributed by atoms with E-state index in [1.807, 2.05) is 13.8 Å². The number of halogens is 4. The van der Waals surface area contributed by atoms with E-state index < -0.39 is 13.4 Å². The average molecular weight is 577 g/mol. The quantitative estimate of drug-likeness (QED) is 0.0690. The molecule has 6 heteroatoms. The van der Waals surface area contributed by atoms with Gasteiger partial charge in [-0.05, 0) is 51.5 Å². The maximum atomic E-state index is 10.4. The highest BCUT2D eigenvalue weighted by Crippen LogP contribution is 2.61. The first kappa shape index (κ1) is 45.1. The molecule has 0 aromatic heterocycles. The van der Waals surface area contributed by atoms with Crippen molar-refractivity contribution in [1.82, 2.24) is 0 Å². The molecule has 0 fully saturated rings. The number of rotatable bonds is 24. The van der Waals surface area contributed by atoms with E-state index in [-0.39, 0.29) is 6.92 Å². The third kappa shape index (κ3) is 43.2. The maximum Gasteiger partial charge on any atom is 0.386 e. The van der Waals surface area contributed by atoms with E-state index in [1.54, 1.807) is 18.5 Å². The molecule has 0 spiro atoms. The normalized spacial score (nSPS) is 11.1. The fourth-order valence-corrected chi connectivity index (χ4v) is 9.66. The Morgan fingerprint density at radius 2 is 0.684 bits per heavy atom. The summed E-state index contributed by atoms with van der Waals surface area (Å²) in [5, 5.41) is 0. The molecule has 0 aliphatic heterocycles. The van der Waals surface area contributed by atoms with E-state index in [9.17, 15) is 17.6 Å². The van der Waals surface area contributed by atoms with E-state index in [0.717, 1.165) is 6.54 Å². The van der Waals surface area contributed by atoms with Crippen LogP contribution in [0.3, 0.4) is 0 Å². The lowest BCUT2D eigenvalue weighted by Crippen LogP contribution is -2.15. The van der Waals surface area contributed by atoms with Crippen molar-refractivity contribution in [3.05, 3.63) is 0 Å². The van der Waals surface area contributed by atoms with Crippen LogP contribution in [0.1, 0.15) is 164 Å². The van der Waals surface area contributed by atoms with Gasteiger partial charge in [0.05, 0.1) is 31.8 Å². The standard InChI is InChI=1S/C27H59NP.C2H3F3.C2H6.CH3F/c1-4-7-10-13-16-19-24-29(27-22-23-28,25-20-17-14-11-8-5-2)26-21-18-15-12-9-6-3;1-2(3,4)5;2*1-2/h4-28H2,1-3H3;1H3;1-2H3;1H3/q+1;;;. The van der Waals surface area contributed by atoms with Crippen molar-refractivity contribution < 1.29 is 17.6 Å². The number of hydrogen-bond donors (Lipinski definition) is 1. The van der Waals surface area contributed by atoms with Gasteiger partial charge in [0.2, 0.25) is 0 Å². The summed E-state index contributed by atoms with van der Waals surface area (Å²) in [4.78, 5) is 0. The molecule has 0 aliphatic carbocycles. The zero-order valence-corrected chi connectivity index (χ0v) is 27.9. The van der Waals surface area contributed by atoms with E-state index in [1.165, 1.54) is 128 Å². The predicted octanol–water partition coefficient (Wildman–Crippen LogP) is 12.6. The minimum Gasteiger partial charge on any atom is -0.330 e. The molecule has 0 bridgehead atoms. The molecular formula is C32H71F4NP+. The molecule has 0 atom stereocenters. The first-order chi connectivity index (χ1) is 18.2. The number of hydrogen-bond acceptors (Lipinski definition) is 1. The van der Waals surface area contributed by atoms with Gasteiger partial charge in [-0.3, -0.25) is 4.39 Å². The van der Waals surface area contributed by atoms with E-state index in [2.05, 4.69) is 20.8 Å². The second kappa shape index (κ2) is 37.1. The van der Waals surface area contributed by atoms with Crippen molar-refractivity contribution >= 4 is 7.26 Å². The van der Waals surface area contributed by atoms with Crippen molar-refractivity contribution in [1.29, 1.82) is 0 Å². The summed E-state index contributed by atoms with van der Waals surface area (Å²) in [6.07, 6.45) is 29.7. The molecule has 0 amide bonds. The van der Waals surface area contributed by atoms with Crippen LogP contribution in [0.2, 0.25) is 0 Å². The molecule has 0 aliphatic rings. The van der Waals surface area contributed by atoms with Crippen LogP contribution in [0.25, 0.3) is 0 Å². The van der Waals surface area contributed by atoms with Gasteiger partial charge in [-0.2, -0.15) is 13.2 Å². The lowest BCUT2D eigenvalue weighted by atomic mass is 10.1. The largest absolute Gasteiger partial charge is 0.386 e. The van der Waals surface area contributed by atoms with Crippen LogP contribution in [-0.2, 0) is 0 Å². The molecule has 0 aromatic rings. The molecule has 236 valence electrons. The van der Waals surface area contributed by atoms with Crippen LogP contribution in [0.15, 0.2) is 0 Å². The summed E-state index contributed by atoms with van der Waals surface area (Å²) in [7, 11) is -0.259.